The van der Waals surface area contributed by atoms with Crippen LogP contribution in [0.15, 0.2) is 0 Å². The maximum atomic E-state index is 10.4. The van der Waals surface area contributed by atoms with Gasteiger partial charge in [-0.2, -0.15) is 12.2 Å². The van der Waals surface area contributed by atoms with Crippen molar-refractivity contribution in [1.29, 1.82) is 0 Å². The van der Waals surface area contributed by atoms with Crippen LogP contribution < -0.4 is 18.9 Å². The zero-order valence-corrected chi connectivity index (χ0v) is 15.0. The Balaban J connectivity index is 0. The number of unbranched alkanes of at least 4 members (excludes halogenated alkanes) is 13. The monoisotopic (exact) mass is 312 g/mol. The van der Waals surface area contributed by atoms with Crippen LogP contribution in [0, 0.1) is 5.75 Å². The van der Waals surface area contributed by atoms with Crippen LogP contribution in [0.1, 0.15) is 96.8 Å². The Kier molecular flexibility index (Phi) is 19.1. The Labute approximate surface area is 144 Å². The van der Waals surface area contributed by atoms with Gasteiger partial charge in [-0.3, -0.25) is 0 Å². The molecule has 0 bridgehead atoms. The van der Waals surface area contributed by atoms with Crippen LogP contribution in [0.2, 0.25) is 0 Å². The quantitative estimate of drug-likeness (QED) is 0.219. The molecule has 0 aliphatic heterocycles. The van der Waals surface area contributed by atoms with Crippen molar-refractivity contribution in [1.82, 2.24) is 0 Å². The molecule has 0 atom stereocenters. The molecular formula is C16H33LiO3S. The van der Waals surface area contributed by atoms with Gasteiger partial charge in [0, 0.05) is 0 Å². The van der Waals surface area contributed by atoms with E-state index in [1.54, 1.807) is 0 Å². The van der Waals surface area contributed by atoms with Crippen molar-refractivity contribution in [2.45, 2.75) is 96.8 Å². The van der Waals surface area contributed by atoms with Gasteiger partial charge in [0.1, 0.15) is 10.1 Å². The molecule has 21 heavy (non-hydrogen) atoms. The van der Waals surface area contributed by atoms with Crippen molar-refractivity contribution in [2.24, 2.45) is 0 Å². The Bertz CT molecular complexity index is 292. The van der Waals surface area contributed by atoms with Gasteiger partial charge in [0.05, 0.1) is 0 Å². The van der Waals surface area contributed by atoms with E-state index < -0.39 is 10.1 Å². The van der Waals surface area contributed by atoms with Crippen molar-refractivity contribution in [2.75, 3.05) is 0 Å². The normalized spacial score (nSPS) is 11.3. The molecule has 0 heterocycles. The van der Waals surface area contributed by atoms with E-state index in [0.29, 0.717) is 6.42 Å². The van der Waals surface area contributed by atoms with Gasteiger partial charge < -0.3 is 4.55 Å². The van der Waals surface area contributed by atoms with Gasteiger partial charge in [-0.15, -0.1) is 0 Å². The summed E-state index contributed by atoms with van der Waals surface area (Å²) in [6.45, 7) is 2.25. The molecule has 5 heteroatoms. The third-order valence-corrected chi connectivity index (χ3v) is 4.29. The average molecular weight is 312 g/mol. The summed E-state index contributed by atoms with van der Waals surface area (Å²) < 4.78 is 29.4. The summed E-state index contributed by atoms with van der Waals surface area (Å²) in [5.74, 6) is 1.01. The Morgan fingerprint density at radius 1 is 0.714 bits per heavy atom. The second-order valence-corrected chi connectivity index (χ2v) is 7.08. The molecule has 0 radical (unpaired) electrons. The van der Waals surface area contributed by atoms with Gasteiger partial charge in [-0.05, 0) is 0 Å². The Hall–Kier alpha value is 0.507. The predicted octanol–water partition coefficient (Wildman–Crippen LogP) is 2.52. The molecule has 0 saturated carbocycles. The SMILES string of the molecule is CCCCCCCCCCCCCCC[CH-]S(=O)(=O)O.[Li+]. The molecule has 0 aliphatic carbocycles. The van der Waals surface area contributed by atoms with Gasteiger partial charge in [-0.25, -0.2) is 8.42 Å². The molecule has 0 unspecified atom stereocenters. The third-order valence-electron chi connectivity index (χ3n) is 3.64. The fraction of sp³-hybridized carbons (Fsp3) is 0.938. The maximum absolute atomic E-state index is 10.4. The molecule has 0 saturated heterocycles. The van der Waals surface area contributed by atoms with Crippen LogP contribution in [0.5, 0.6) is 0 Å². The fourth-order valence-electron chi connectivity index (χ4n) is 2.39. The first-order valence-electron chi connectivity index (χ1n) is 8.37. The standard InChI is InChI=1S/C16H33O3S.Li/c1-2-3-4-5-6-7-8-9-10-11-12-13-14-15-16-20(17,18)19;/h16H,2-15H2,1H3,(H,17,18,19);/q-1;+1. The molecule has 122 valence electrons. The second-order valence-electron chi connectivity index (χ2n) is 5.71. The van der Waals surface area contributed by atoms with Gasteiger partial charge in [0.25, 0.3) is 0 Å². The first kappa shape index (κ1) is 23.8. The van der Waals surface area contributed by atoms with Crippen molar-refractivity contribution in [3.8, 4) is 0 Å². The topological polar surface area (TPSA) is 54.4 Å². The molecule has 0 aliphatic rings. The summed E-state index contributed by atoms with van der Waals surface area (Å²) in [5.41, 5.74) is 0. The minimum absolute atomic E-state index is 0. The maximum Gasteiger partial charge on any atom is 1.00 e. The van der Waals surface area contributed by atoms with E-state index in [0.717, 1.165) is 18.6 Å². The van der Waals surface area contributed by atoms with E-state index in [2.05, 4.69) is 6.92 Å². The number of hydrogen-bond acceptors (Lipinski definition) is 2. The summed E-state index contributed by atoms with van der Waals surface area (Å²) in [6, 6.07) is 0. The van der Waals surface area contributed by atoms with Crippen LogP contribution in [-0.4, -0.2) is 13.0 Å². The van der Waals surface area contributed by atoms with E-state index in [-0.39, 0.29) is 18.9 Å². The van der Waals surface area contributed by atoms with Crippen LogP contribution >= 0.6 is 0 Å². The van der Waals surface area contributed by atoms with Gasteiger partial charge in [0.15, 0.2) is 0 Å². The summed E-state index contributed by atoms with van der Waals surface area (Å²) in [6.07, 6.45) is 17.1. The first-order chi connectivity index (χ1) is 9.56. The Morgan fingerprint density at radius 2 is 1.05 bits per heavy atom. The van der Waals surface area contributed by atoms with E-state index in [1.807, 2.05) is 0 Å². The van der Waals surface area contributed by atoms with Crippen LogP contribution in [0.4, 0.5) is 0 Å². The summed E-state index contributed by atoms with van der Waals surface area (Å²) in [5, 5.41) is 0. The minimum Gasteiger partial charge on any atom is -0.309 e. The second kappa shape index (κ2) is 16.9. The zero-order valence-electron chi connectivity index (χ0n) is 14.1. The predicted molar refractivity (Wildman–Crippen MR) is 86.2 cm³/mol. The smallest absolute Gasteiger partial charge is 0.309 e. The molecule has 0 aromatic heterocycles. The van der Waals surface area contributed by atoms with Crippen LogP contribution in [0.25, 0.3) is 0 Å². The largest absolute Gasteiger partial charge is 1.00 e. The molecule has 0 fully saturated rings. The summed E-state index contributed by atoms with van der Waals surface area (Å²) in [4.78, 5) is 0. The van der Waals surface area contributed by atoms with Crippen molar-refractivity contribution < 1.29 is 31.8 Å². The summed E-state index contributed by atoms with van der Waals surface area (Å²) in [7, 11) is -3.87. The van der Waals surface area contributed by atoms with Gasteiger partial charge in [0.2, 0.25) is 0 Å². The average Bonchev–Trinajstić information content (AvgIpc) is 2.38. The molecule has 3 nitrogen and oxygen atoms in total. The molecule has 0 aromatic carbocycles. The third kappa shape index (κ3) is 22.9. The van der Waals surface area contributed by atoms with Crippen molar-refractivity contribution >= 4 is 10.1 Å². The van der Waals surface area contributed by atoms with E-state index in [1.165, 1.54) is 70.6 Å². The zero-order chi connectivity index (χ0) is 15.1. The molecule has 0 rings (SSSR count). The van der Waals surface area contributed by atoms with Gasteiger partial charge >= 0.3 is 18.9 Å². The van der Waals surface area contributed by atoms with Gasteiger partial charge in [-0.1, -0.05) is 90.4 Å². The minimum atomic E-state index is -3.87. The number of hydrogen-bond donors (Lipinski definition) is 1. The van der Waals surface area contributed by atoms with E-state index in [4.69, 9.17) is 4.55 Å². The van der Waals surface area contributed by atoms with E-state index in [9.17, 15) is 8.42 Å². The van der Waals surface area contributed by atoms with Crippen molar-refractivity contribution in [3.05, 3.63) is 5.75 Å². The molecule has 0 aromatic rings. The van der Waals surface area contributed by atoms with Crippen LogP contribution in [0.3, 0.4) is 0 Å². The Morgan fingerprint density at radius 3 is 1.38 bits per heavy atom. The van der Waals surface area contributed by atoms with Crippen LogP contribution in [-0.2, 0) is 10.1 Å². The first-order valence-corrected chi connectivity index (χ1v) is 9.87. The molecule has 0 amide bonds. The summed E-state index contributed by atoms with van der Waals surface area (Å²) >= 11 is 0. The molecule has 0 spiro atoms. The molecule has 1 N–H and O–H groups in total. The van der Waals surface area contributed by atoms with Crippen molar-refractivity contribution in [3.63, 3.8) is 0 Å². The number of rotatable bonds is 15. The molecular weight excluding hydrogens is 279 g/mol. The fourth-order valence-corrected chi connectivity index (χ4v) is 2.86. The van der Waals surface area contributed by atoms with E-state index >= 15 is 0 Å².